The quantitative estimate of drug-likeness (QED) is 0.365. The Balaban J connectivity index is 2.30. The largest absolute Gasteiger partial charge is 0.496 e. The Bertz CT molecular complexity index is 549. The fourth-order valence-corrected chi connectivity index (χ4v) is 1.69. The molecule has 1 aromatic heterocycles. The molecule has 2 rings (SSSR count). The zero-order valence-corrected chi connectivity index (χ0v) is 9.95. The van der Waals surface area contributed by atoms with Crippen LogP contribution in [0.15, 0.2) is 42.1 Å². The highest BCUT2D eigenvalue weighted by molar-refractivity contribution is 5.99. The lowest BCUT2D eigenvalue weighted by Crippen LogP contribution is -2.14. The van der Waals surface area contributed by atoms with Gasteiger partial charge in [-0.25, -0.2) is 4.98 Å². The van der Waals surface area contributed by atoms with Crippen LogP contribution in [0.3, 0.4) is 0 Å². The summed E-state index contributed by atoms with van der Waals surface area (Å²) >= 11 is 0. The molecule has 0 saturated carbocycles. The van der Waals surface area contributed by atoms with Gasteiger partial charge in [0.15, 0.2) is 5.84 Å². The summed E-state index contributed by atoms with van der Waals surface area (Å²) in [5, 5.41) is 11.7. The van der Waals surface area contributed by atoms with E-state index in [0.29, 0.717) is 17.9 Å². The number of rotatable bonds is 4. The summed E-state index contributed by atoms with van der Waals surface area (Å²) in [6, 6.07) is 5.52. The third kappa shape index (κ3) is 2.42. The van der Waals surface area contributed by atoms with Crippen LogP contribution in [-0.2, 0) is 6.54 Å². The summed E-state index contributed by atoms with van der Waals surface area (Å²) in [7, 11) is 1.55. The van der Waals surface area contributed by atoms with Crippen LogP contribution >= 0.6 is 0 Å². The molecule has 0 saturated heterocycles. The number of amidine groups is 1. The average Bonchev–Trinajstić information content (AvgIpc) is 2.90. The number of imidazole rings is 1. The molecular weight excluding hydrogens is 232 g/mol. The Morgan fingerprint density at radius 3 is 3.00 bits per heavy atom. The molecule has 3 N–H and O–H groups in total. The van der Waals surface area contributed by atoms with Crippen molar-refractivity contribution in [1.29, 1.82) is 0 Å². The minimum atomic E-state index is 0.0287. The second kappa shape index (κ2) is 5.22. The van der Waals surface area contributed by atoms with Crippen molar-refractivity contribution >= 4 is 5.84 Å². The van der Waals surface area contributed by atoms with Crippen LogP contribution in [0.1, 0.15) is 11.1 Å². The van der Waals surface area contributed by atoms with Gasteiger partial charge in [-0.05, 0) is 17.7 Å². The van der Waals surface area contributed by atoms with Crippen LogP contribution in [-0.4, -0.2) is 27.7 Å². The first-order valence-electron chi connectivity index (χ1n) is 5.35. The van der Waals surface area contributed by atoms with Crippen LogP contribution in [0.2, 0.25) is 0 Å². The van der Waals surface area contributed by atoms with Gasteiger partial charge in [0.2, 0.25) is 0 Å². The summed E-state index contributed by atoms with van der Waals surface area (Å²) in [5.41, 5.74) is 7.17. The van der Waals surface area contributed by atoms with E-state index in [-0.39, 0.29) is 5.84 Å². The van der Waals surface area contributed by atoms with Gasteiger partial charge in [-0.15, -0.1) is 0 Å². The predicted octanol–water partition coefficient (Wildman–Crippen LogP) is 1.03. The predicted molar refractivity (Wildman–Crippen MR) is 66.8 cm³/mol. The van der Waals surface area contributed by atoms with Gasteiger partial charge in [-0.2, -0.15) is 0 Å². The van der Waals surface area contributed by atoms with E-state index in [1.165, 1.54) is 0 Å². The molecule has 0 amide bonds. The molecule has 6 heteroatoms. The topological polar surface area (TPSA) is 85.7 Å². The summed E-state index contributed by atoms with van der Waals surface area (Å²) in [6.45, 7) is 0.687. The number of methoxy groups -OCH3 is 1. The van der Waals surface area contributed by atoms with E-state index in [9.17, 15) is 0 Å². The van der Waals surface area contributed by atoms with Gasteiger partial charge < -0.3 is 20.2 Å². The number of ether oxygens (including phenoxy) is 1. The third-order valence-corrected chi connectivity index (χ3v) is 2.57. The van der Waals surface area contributed by atoms with Crippen LogP contribution in [0, 0.1) is 0 Å². The minimum Gasteiger partial charge on any atom is -0.496 e. The molecule has 0 atom stereocenters. The second-order valence-electron chi connectivity index (χ2n) is 3.75. The highest BCUT2D eigenvalue weighted by Crippen LogP contribution is 2.20. The number of nitrogens with zero attached hydrogens (tertiary/aromatic N) is 3. The summed E-state index contributed by atoms with van der Waals surface area (Å²) in [5.74, 6) is 0.601. The first-order valence-corrected chi connectivity index (χ1v) is 5.35. The van der Waals surface area contributed by atoms with Crippen molar-refractivity contribution in [3.63, 3.8) is 0 Å². The number of aromatic nitrogens is 2. The number of hydrogen-bond donors (Lipinski definition) is 2. The lowest BCUT2D eigenvalue weighted by atomic mass is 10.1. The van der Waals surface area contributed by atoms with E-state index in [1.807, 2.05) is 22.9 Å². The molecule has 0 aliphatic heterocycles. The maximum atomic E-state index is 8.68. The van der Waals surface area contributed by atoms with Crippen molar-refractivity contribution in [2.45, 2.75) is 6.54 Å². The molecule has 94 valence electrons. The fraction of sp³-hybridized carbons (Fsp3) is 0.167. The first-order chi connectivity index (χ1) is 8.74. The van der Waals surface area contributed by atoms with Crippen molar-refractivity contribution in [3.8, 4) is 5.75 Å². The lowest BCUT2D eigenvalue weighted by molar-refractivity contribution is 0.318. The van der Waals surface area contributed by atoms with E-state index in [2.05, 4.69) is 10.1 Å². The molecular formula is C12H14N4O2. The molecule has 0 aliphatic carbocycles. The molecule has 6 nitrogen and oxygen atoms in total. The SMILES string of the molecule is COc1cc(Cn2ccnc2)ccc1/C(N)=N/O. The molecule has 0 spiro atoms. The van der Waals surface area contributed by atoms with Crippen molar-refractivity contribution in [2.75, 3.05) is 7.11 Å². The van der Waals surface area contributed by atoms with Crippen molar-refractivity contribution in [2.24, 2.45) is 10.9 Å². The number of benzene rings is 1. The highest BCUT2D eigenvalue weighted by Gasteiger charge is 2.08. The maximum absolute atomic E-state index is 8.68. The molecule has 0 radical (unpaired) electrons. The van der Waals surface area contributed by atoms with Gasteiger partial charge >= 0.3 is 0 Å². The zero-order valence-electron chi connectivity index (χ0n) is 9.95. The molecule has 0 fully saturated rings. The summed E-state index contributed by atoms with van der Waals surface area (Å²) < 4.78 is 7.17. The van der Waals surface area contributed by atoms with E-state index in [4.69, 9.17) is 15.7 Å². The Morgan fingerprint density at radius 1 is 1.56 bits per heavy atom. The smallest absolute Gasteiger partial charge is 0.173 e. The third-order valence-electron chi connectivity index (χ3n) is 2.57. The second-order valence-corrected chi connectivity index (χ2v) is 3.75. The molecule has 1 aromatic carbocycles. The number of hydrogen-bond acceptors (Lipinski definition) is 4. The molecule has 0 unspecified atom stereocenters. The van der Waals surface area contributed by atoms with Crippen LogP contribution in [0.4, 0.5) is 0 Å². The fourth-order valence-electron chi connectivity index (χ4n) is 1.69. The van der Waals surface area contributed by atoms with E-state index >= 15 is 0 Å². The molecule has 1 heterocycles. The first kappa shape index (κ1) is 12.0. The summed E-state index contributed by atoms with van der Waals surface area (Å²) in [4.78, 5) is 3.98. The average molecular weight is 246 g/mol. The molecule has 0 bridgehead atoms. The van der Waals surface area contributed by atoms with Crippen molar-refractivity contribution < 1.29 is 9.94 Å². The van der Waals surface area contributed by atoms with Crippen LogP contribution in [0.5, 0.6) is 5.75 Å². The monoisotopic (exact) mass is 246 g/mol. The normalized spacial score (nSPS) is 11.5. The van der Waals surface area contributed by atoms with Gasteiger partial charge in [-0.1, -0.05) is 11.2 Å². The molecule has 2 aromatic rings. The van der Waals surface area contributed by atoms with Gasteiger partial charge in [0.05, 0.1) is 19.0 Å². The van der Waals surface area contributed by atoms with E-state index in [1.54, 1.807) is 25.7 Å². The standard InChI is InChI=1S/C12H14N4O2/c1-18-11-6-9(7-16-5-4-14-8-16)2-3-10(11)12(13)15-17/h2-6,8,17H,7H2,1H3,(H2,13,15). The Labute approximate surface area is 104 Å². The van der Waals surface area contributed by atoms with Gasteiger partial charge in [0.25, 0.3) is 0 Å². The highest BCUT2D eigenvalue weighted by atomic mass is 16.5. The molecule has 0 aliphatic rings. The van der Waals surface area contributed by atoms with E-state index < -0.39 is 0 Å². The van der Waals surface area contributed by atoms with Crippen molar-refractivity contribution in [1.82, 2.24) is 9.55 Å². The van der Waals surface area contributed by atoms with Crippen LogP contribution in [0.25, 0.3) is 0 Å². The Morgan fingerprint density at radius 2 is 2.39 bits per heavy atom. The Kier molecular flexibility index (Phi) is 3.47. The van der Waals surface area contributed by atoms with E-state index in [0.717, 1.165) is 5.56 Å². The number of nitrogens with two attached hydrogens (primary N) is 1. The number of oxime groups is 1. The lowest BCUT2D eigenvalue weighted by Gasteiger charge is -2.10. The summed E-state index contributed by atoms with van der Waals surface area (Å²) in [6.07, 6.45) is 5.34. The maximum Gasteiger partial charge on any atom is 0.173 e. The van der Waals surface area contributed by atoms with Gasteiger partial charge in [-0.3, -0.25) is 0 Å². The van der Waals surface area contributed by atoms with Gasteiger partial charge in [0.1, 0.15) is 5.75 Å². The van der Waals surface area contributed by atoms with Gasteiger partial charge in [0, 0.05) is 18.9 Å². The zero-order chi connectivity index (χ0) is 13.0. The van der Waals surface area contributed by atoms with Crippen LogP contribution < -0.4 is 10.5 Å². The Hall–Kier alpha value is -2.50. The minimum absolute atomic E-state index is 0.0287. The molecule has 18 heavy (non-hydrogen) atoms. The van der Waals surface area contributed by atoms with Crippen molar-refractivity contribution in [3.05, 3.63) is 48.0 Å².